The van der Waals surface area contributed by atoms with Crippen LogP contribution in [0.2, 0.25) is 0 Å². The predicted molar refractivity (Wildman–Crippen MR) is 67.1 cm³/mol. The molecule has 0 saturated carbocycles. The molecule has 1 atom stereocenters. The van der Waals surface area contributed by atoms with E-state index in [2.05, 4.69) is 13.5 Å². The summed E-state index contributed by atoms with van der Waals surface area (Å²) in [7, 11) is 0. The molecule has 5 heteroatoms. The highest BCUT2D eigenvalue weighted by Gasteiger charge is 2.19. The number of hydrogen-bond donors (Lipinski definition) is 0. The molecule has 0 fully saturated rings. The van der Waals surface area contributed by atoms with E-state index in [-0.39, 0.29) is 12.2 Å². The van der Waals surface area contributed by atoms with Crippen molar-refractivity contribution in [3.05, 3.63) is 12.2 Å². The molecule has 104 valence electrons. The molecular formula is C13H22O5. The summed E-state index contributed by atoms with van der Waals surface area (Å²) in [5.41, 5.74) is 0.248. The van der Waals surface area contributed by atoms with E-state index in [1.165, 1.54) is 13.8 Å². The van der Waals surface area contributed by atoms with Crippen molar-refractivity contribution in [3.8, 4) is 0 Å². The fourth-order valence-corrected chi connectivity index (χ4v) is 0.976. The van der Waals surface area contributed by atoms with Crippen LogP contribution in [0.3, 0.4) is 0 Å². The van der Waals surface area contributed by atoms with Crippen LogP contribution in [0.25, 0.3) is 0 Å². The summed E-state index contributed by atoms with van der Waals surface area (Å²) in [6.45, 7) is 9.65. The zero-order valence-corrected chi connectivity index (χ0v) is 11.4. The van der Waals surface area contributed by atoms with E-state index in [0.29, 0.717) is 13.2 Å². The lowest BCUT2D eigenvalue weighted by molar-refractivity contribution is -0.165. The second-order valence-corrected chi connectivity index (χ2v) is 3.96. The third-order valence-electron chi connectivity index (χ3n) is 2.08. The molecule has 1 unspecified atom stereocenters. The average molecular weight is 258 g/mol. The molecule has 0 heterocycles. The molecule has 0 N–H and O–H groups in total. The Hall–Kier alpha value is -1.36. The molecule has 0 saturated heterocycles. The van der Waals surface area contributed by atoms with E-state index in [9.17, 15) is 9.59 Å². The fraction of sp³-hybridized carbons (Fsp3) is 0.692. The maximum atomic E-state index is 11.4. The quantitative estimate of drug-likeness (QED) is 0.359. The summed E-state index contributed by atoms with van der Waals surface area (Å²) < 4.78 is 14.9. The zero-order valence-electron chi connectivity index (χ0n) is 11.4. The Kier molecular flexibility index (Phi) is 8.92. The third-order valence-corrected chi connectivity index (χ3v) is 2.08. The van der Waals surface area contributed by atoms with E-state index in [4.69, 9.17) is 14.2 Å². The van der Waals surface area contributed by atoms with Gasteiger partial charge in [-0.1, -0.05) is 19.9 Å². The Morgan fingerprint density at radius 1 is 1.22 bits per heavy atom. The van der Waals surface area contributed by atoms with Crippen LogP contribution in [0.4, 0.5) is 0 Å². The van der Waals surface area contributed by atoms with Crippen LogP contribution in [0.15, 0.2) is 12.2 Å². The van der Waals surface area contributed by atoms with Gasteiger partial charge in [0.25, 0.3) is 0 Å². The van der Waals surface area contributed by atoms with Gasteiger partial charge in [-0.15, -0.1) is 0 Å². The van der Waals surface area contributed by atoms with Gasteiger partial charge in [-0.25, -0.2) is 9.59 Å². The standard InChI is InChI=1S/C13H22O5/c1-5-6-7-16-8-9-17-13(15)11(4)18-12(14)10(2)3/h11H,2,5-9H2,1,3-4H3. The first-order chi connectivity index (χ1) is 8.49. The van der Waals surface area contributed by atoms with Crippen LogP contribution in [0.1, 0.15) is 33.6 Å². The number of rotatable bonds is 9. The van der Waals surface area contributed by atoms with Gasteiger partial charge in [-0.2, -0.15) is 0 Å². The van der Waals surface area contributed by atoms with Crippen LogP contribution in [-0.4, -0.2) is 37.9 Å². The second-order valence-electron chi connectivity index (χ2n) is 3.96. The van der Waals surface area contributed by atoms with E-state index in [0.717, 1.165) is 12.8 Å². The fourth-order valence-electron chi connectivity index (χ4n) is 0.976. The molecule has 0 amide bonds. The van der Waals surface area contributed by atoms with Gasteiger partial charge in [0.15, 0.2) is 6.10 Å². The highest BCUT2D eigenvalue weighted by atomic mass is 16.6. The summed E-state index contributed by atoms with van der Waals surface area (Å²) >= 11 is 0. The molecule has 0 aromatic rings. The molecule has 0 spiro atoms. The first kappa shape index (κ1) is 16.6. The maximum Gasteiger partial charge on any atom is 0.347 e. The normalized spacial score (nSPS) is 11.7. The Balaban J connectivity index is 3.68. The minimum atomic E-state index is -0.926. The van der Waals surface area contributed by atoms with Crippen LogP contribution in [0, 0.1) is 0 Å². The van der Waals surface area contributed by atoms with Crippen molar-refractivity contribution < 1.29 is 23.8 Å². The van der Waals surface area contributed by atoms with Crippen molar-refractivity contribution in [2.24, 2.45) is 0 Å². The topological polar surface area (TPSA) is 61.8 Å². The Morgan fingerprint density at radius 3 is 2.44 bits per heavy atom. The van der Waals surface area contributed by atoms with Crippen LogP contribution in [-0.2, 0) is 23.8 Å². The van der Waals surface area contributed by atoms with Crippen molar-refractivity contribution in [2.75, 3.05) is 19.8 Å². The molecule has 18 heavy (non-hydrogen) atoms. The van der Waals surface area contributed by atoms with E-state index < -0.39 is 18.0 Å². The Labute approximate surface area is 108 Å². The number of unbranched alkanes of at least 4 members (excludes halogenated alkanes) is 1. The van der Waals surface area contributed by atoms with E-state index >= 15 is 0 Å². The monoisotopic (exact) mass is 258 g/mol. The van der Waals surface area contributed by atoms with Gasteiger partial charge in [-0.05, 0) is 20.3 Å². The first-order valence-corrected chi connectivity index (χ1v) is 6.09. The summed E-state index contributed by atoms with van der Waals surface area (Å²) in [4.78, 5) is 22.6. The number of carbonyl (C=O) groups excluding carboxylic acids is 2. The van der Waals surface area contributed by atoms with Crippen molar-refractivity contribution in [1.82, 2.24) is 0 Å². The van der Waals surface area contributed by atoms with Crippen LogP contribution >= 0.6 is 0 Å². The number of esters is 2. The number of ether oxygens (including phenoxy) is 3. The summed E-state index contributed by atoms with van der Waals surface area (Å²) in [6, 6.07) is 0. The van der Waals surface area contributed by atoms with Gasteiger partial charge >= 0.3 is 11.9 Å². The van der Waals surface area contributed by atoms with Crippen LogP contribution in [0.5, 0.6) is 0 Å². The molecule has 5 nitrogen and oxygen atoms in total. The van der Waals surface area contributed by atoms with Crippen molar-refractivity contribution in [2.45, 2.75) is 39.7 Å². The van der Waals surface area contributed by atoms with Gasteiger partial charge in [-0.3, -0.25) is 0 Å². The summed E-state index contributed by atoms with van der Waals surface area (Å²) in [5, 5.41) is 0. The van der Waals surface area contributed by atoms with Gasteiger partial charge < -0.3 is 14.2 Å². The third kappa shape index (κ3) is 7.84. The molecule has 0 aliphatic carbocycles. The molecule has 0 aliphatic heterocycles. The minimum absolute atomic E-state index is 0.164. The van der Waals surface area contributed by atoms with E-state index in [1.807, 2.05) is 0 Å². The molecular weight excluding hydrogens is 236 g/mol. The smallest absolute Gasteiger partial charge is 0.347 e. The number of carbonyl (C=O) groups is 2. The van der Waals surface area contributed by atoms with Crippen molar-refractivity contribution in [3.63, 3.8) is 0 Å². The number of hydrogen-bond acceptors (Lipinski definition) is 5. The van der Waals surface area contributed by atoms with Gasteiger partial charge in [0.1, 0.15) is 6.61 Å². The molecule has 0 bridgehead atoms. The van der Waals surface area contributed by atoms with Crippen molar-refractivity contribution in [1.29, 1.82) is 0 Å². The van der Waals surface area contributed by atoms with Crippen molar-refractivity contribution >= 4 is 11.9 Å². The highest BCUT2D eigenvalue weighted by Crippen LogP contribution is 2.00. The lowest BCUT2D eigenvalue weighted by atomic mass is 10.3. The lowest BCUT2D eigenvalue weighted by Gasteiger charge is -2.12. The second kappa shape index (κ2) is 9.65. The minimum Gasteiger partial charge on any atom is -0.461 e. The predicted octanol–water partition coefficient (Wildman–Crippen LogP) is 1.85. The molecule has 0 radical (unpaired) electrons. The lowest BCUT2D eigenvalue weighted by Crippen LogP contribution is -2.27. The Morgan fingerprint density at radius 2 is 1.89 bits per heavy atom. The molecule has 0 aliphatic rings. The maximum absolute atomic E-state index is 11.4. The Bertz CT molecular complexity index is 285. The molecule has 0 aromatic carbocycles. The van der Waals surface area contributed by atoms with E-state index in [1.54, 1.807) is 0 Å². The molecule has 0 aromatic heterocycles. The molecule has 0 rings (SSSR count). The van der Waals surface area contributed by atoms with Gasteiger partial charge in [0, 0.05) is 12.2 Å². The van der Waals surface area contributed by atoms with Gasteiger partial charge in [0.2, 0.25) is 0 Å². The first-order valence-electron chi connectivity index (χ1n) is 6.09. The SMILES string of the molecule is C=C(C)C(=O)OC(C)C(=O)OCCOCCCC. The zero-order chi connectivity index (χ0) is 14.0. The highest BCUT2D eigenvalue weighted by molar-refractivity contribution is 5.89. The average Bonchev–Trinajstić information content (AvgIpc) is 2.32. The largest absolute Gasteiger partial charge is 0.461 e. The summed E-state index contributed by atoms with van der Waals surface area (Å²) in [6.07, 6.45) is 1.12. The summed E-state index contributed by atoms with van der Waals surface area (Å²) in [5.74, 6) is -1.18. The van der Waals surface area contributed by atoms with Gasteiger partial charge in [0.05, 0.1) is 6.61 Å². The van der Waals surface area contributed by atoms with Crippen LogP contribution < -0.4 is 0 Å².